The van der Waals surface area contributed by atoms with Crippen molar-refractivity contribution in [2.24, 2.45) is 5.92 Å². The van der Waals surface area contributed by atoms with E-state index in [2.05, 4.69) is 242 Å². The molecule has 0 N–H and O–H groups in total. The quantitative estimate of drug-likeness (QED) is 0.152. The van der Waals surface area contributed by atoms with Gasteiger partial charge in [-0.3, -0.25) is 4.57 Å². The third-order valence-electron chi connectivity index (χ3n) is 13.9. The van der Waals surface area contributed by atoms with Crippen LogP contribution in [0, 0.1) is 19.8 Å². The van der Waals surface area contributed by atoms with Crippen LogP contribution in [-0.2, 0) is 5.41 Å². The molecule has 1 atom stereocenters. The summed E-state index contributed by atoms with van der Waals surface area (Å²) in [5.41, 5.74) is 19.9. The van der Waals surface area contributed by atoms with Crippen LogP contribution in [-0.4, -0.2) is 9.55 Å². The lowest BCUT2D eigenvalue weighted by Crippen LogP contribution is -2.29. The van der Waals surface area contributed by atoms with Crippen molar-refractivity contribution in [3.05, 3.63) is 257 Å². The molecule has 4 heteroatoms. The zero-order valence-electron chi connectivity index (χ0n) is 36.1. The number of fused-ring (bicyclic) bond motifs is 6. The van der Waals surface area contributed by atoms with Gasteiger partial charge in [0.15, 0.2) is 0 Å². The number of thiophene rings is 1. The Hall–Kier alpha value is -7.79. The summed E-state index contributed by atoms with van der Waals surface area (Å²) in [5, 5.41) is 1.28. The molecule has 65 heavy (non-hydrogen) atoms. The molecule has 0 radical (unpaired) electrons. The topological polar surface area (TPSA) is 21.1 Å². The fourth-order valence-electron chi connectivity index (χ4n) is 10.7. The standard InChI is InChI=1S/C61H43N3S/c1-39-18-26-45(27-19-39)61(46-28-20-40(2)21-29-46)53-14-5-4-12-51(53)52-35-34-49(38-54(52)61)63(47-30-22-41(23-31-47)59-37-44-10-3-8-17-58(44)65-59)48-32-24-42(25-33-48)60-62-55-15-6-7-16-56(55)64(60)57-36-43-11-9-13-50(43)57/h3-38,50H,1-2H3/t50-/m0/s1. The molecule has 0 unspecified atom stereocenters. The lowest BCUT2D eigenvalue weighted by Gasteiger charge is -2.35. The molecule has 13 rings (SSSR count). The summed E-state index contributed by atoms with van der Waals surface area (Å²) in [7, 11) is 0. The van der Waals surface area contributed by atoms with E-state index in [-0.39, 0.29) is 0 Å². The van der Waals surface area contributed by atoms with Crippen LogP contribution in [0.3, 0.4) is 0 Å². The van der Waals surface area contributed by atoms with E-state index in [9.17, 15) is 0 Å². The molecular formula is C61H43N3S. The smallest absolute Gasteiger partial charge is 0.145 e. The van der Waals surface area contributed by atoms with Gasteiger partial charge < -0.3 is 4.90 Å². The fourth-order valence-corrected chi connectivity index (χ4v) is 11.7. The Bertz CT molecular complexity index is 3520. The first kappa shape index (κ1) is 37.7. The van der Waals surface area contributed by atoms with Gasteiger partial charge in [-0.25, -0.2) is 4.98 Å². The molecule has 0 bridgehead atoms. The van der Waals surface area contributed by atoms with Gasteiger partial charge >= 0.3 is 0 Å². The average Bonchev–Trinajstić information content (AvgIpc) is 4.12. The van der Waals surface area contributed by atoms with Crippen molar-refractivity contribution < 1.29 is 0 Å². The Morgan fingerprint density at radius 1 is 0.569 bits per heavy atom. The summed E-state index contributed by atoms with van der Waals surface area (Å²) >= 11 is 1.84. The molecule has 3 aliphatic carbocycles. The number of hydrogen-bond acceptors (Lipinski definition) is 3. The molecule has 308 valence electrons. The van der Waals surface area contributed by atoms with Crippen LogP contribution in [0.4, 0.5) is 17.1 Å². The number of aromatic nitrogens is 2. The number of para-hydroxylation sites is 2. The minimum atomic E-state index is -0.525. The van der Waals surface area contributed by atoms with Gasteiger partial charge in [-0.2, -0.15) is 0 Å². The van der Waals surface area contributed by atoms with E-state index in [0.717, 1.165) is 39.5 Å². The molecule has 0 spiro atoms. The van der Waals surface area contributed by atoms with Gasteiger partial charge in [-0.05, 0) is 143 Å². The number of aryl methyl sites for hydroxylation is 2. The van der Waals surface area contributed by atoms with E-state index in [0.29, 0.717) is 5.92 Å². The first-order valence-electron chi connectivity index (χ1n) is 22.5. The molecule has 0 fully saturated rings. The molecule has 0 aliphatic heterocycles. The highest BCUT2D eigenvalue weighted by Crippen LogP contribution is 2.57. The maximum atomic E-state index is 5.25. The fraction of sp³-hybridized carbons (Fsp3) is 0.0656. The third kappa shape index (κ3) is 5.84. The second kappa shape index (κ2) is 14.6. The van der Waals surface area contributed by atoms with Gasteiger partial charge in [0.1, 0.15) is 5.82 Å². The second-order valence-corrected chi connectivity index (χ2v) is 18.8. The number of nitrogens with zero attached hydrogens (tertiary/aromatic N) is 3. The van der Waals surface area contributed by atoms with Crippen LogP contribution in [0.5, 0.6) is 0 Å². The lowest BCUT2D eigenvalue weighted by molar-refractivity contribution is 0.767. The average molecular weight is 850 g/mol. The van der Waals surface area contributed by atoms with Crippen LogP contribution in [0.15, 0.2) is 224 Å². The van der Waals surface area contributed by atoms with Gasteiger partial charge in [0.2, 0.25) is 0 Å². The second-order valence-electron chi connectivity index (χ2n) is 17.7. The molecule has 2 aromatic heterocycles. The number of hydrogen-bond donors (Lipinski definition) is 0. The lowest BCUT2D eigenvalue weighted by atomic mass is 9.67. The van der Waals surface area contributed by atoms with E-state index in [1.807, 2.05) is 11.3 Å². The van der Waals surface area contributed by atoms with Crippen molar-refractivity contribution in [3.63, 3.8) is 0 Å². The monoisotopic (exact) mass is 849 g/mol. The number of allylic oxidation sites excluding steroid dienone is 6. The minimum Gasteiger partial charge on any atom is -0.310 e. The van der Waals surface area contributed by atoms with Crippen LogP contribution >= 0.6 is 11.3 Å². The molecule has 2 heterocycles. The maximum Gasteiger partial charge on any atom is 0.145 e. The molecular weight excluding hydrogens is 807 g/mol. The number of anilines is 3. The zero-order valence-corrected chi connectivity index (χ0v) is 36.9. The van der Waals surface area contributed by atoms with Crippen molar-refractivity contribution in [2.75, 3.05) is 4.90 Å². The summed E-state index contributed by atoms with van der Waals surface area (Å²) in [6.07, 6.45) is 8.98. The van der Waals surface area contributed by atoms with Crippen LogP contribution < -0.4 is 4.90 Å². The minimum absolute atomic E-state index is 0.301. The van der Waals surface area contributed by atoms with Crippen LogP contribution in [0.1, 0.15) is 33.4 Å². The highest BCUT2D eigenvalue weighted by Gasteiger charge is 2.46. The van der Waals surface area contributed by atoms with Gasteiger partial charge in [-0.15, -0.1) is 11.3 Å². The summed E-state index contributed by atoms with van der Waals surface area (Å²) < 4.78 is 3.66. The highest BCUT2D eigenvalue weighted by atomic mass is 32.1. The molecule has 10 aromatic rings. The van der Waals surface area contributed by atoms with Gasteiger partial charge in [0.25, 0.3) is 0 Å². The maximum absolute atomic E-state index is 5.25. The molecule has 3 nitrogen and oxygen atoms in total. The van der Waals surface area contributed by atoms with Gasteiger partial charge in [0, 0.05) is 43.8 Å². The Kier molecular flexibility index (Phi) is 8.49. The predicted octanol–water partition coefficient (Wildman–Crippen LogP) is 16.0. The van der Waals surface area contributed by atoms with Crippen molar-refractivity contribution in [2.45, 2.75) is 19.3 Å². The molecule has 3 aliphatic rings. The number of benzene rings is 8. The van der Waals surface area contributed by atoms with Crippen molar-refractivity contribution >= 4 is 55.2 Å². The molecule has 0 saturated carbocycles. The molecule has 8 aromatic carbocycles. The molecule has 0 saturated heterocycles. The van der Waals surface area contributed by atoms with E-state index < -0.39 is 5.41 Å². The Morgan fingerprint density at radius 2 is 1.20 bits per heavy atom. The van der Waals surface area contributed by atoms with Gasteiger partial charge in [0.05, 0.1) is 16.4 Å². The Balaban J connectivity index is 0.989. The predicted molar refractivity (Wildman–Crippen MR) is 272 cm³/mol. The van der Waals surface area contributed by atoms with Crippen LogP contribution in [0.25, 0.3) is 59.8 Å². The molecule has 0 amide bonds. The van der Waals surface area contributed by atoms with Crippen LogP contribution in [0.2, 0.25) is 0 Å². The zero-order chi connectivity index (χ0) is 43.2. The Morgan fingerprint density at radius 3 is 1.92 bits per heavy atom. The summed E-state index contributed by atoms with van der Waals surface area (Å²) in [6.45, 7) is 4.35. The summed E-state index contributed by atoms with van der Waals surface area (Å²) in [5.74, 6) is 1.26. The van der Waals surface area contributed by atoms with E-state index in [4.69, 9.17) is 4.98 Å². The normalized spacial score (nSPS) is 15.3. The third-order valence-corrected chi connectivity index (χ3v) is 15.0. The van der Waals surface area contributed by atoms with Crippen molar-refractivity contribution in [3.8, 4) is 33.0 Å². The highest BCUT2D eigenvalue weighted by molar-refractivity contribution is 7.22. The van der Waals surface area contributed by atoms with E-state index in [1.165, 1.54) is 76.3 Å². The van der Waals surface area contributed by atoms with E-state index in [1.54, 1.807) is 0 Å². The van der Waals surface area contributed by atoms with E-state index >= 15 is 0 Å². The first-order valence-corrected chi connectivity index (χ1v) is 23.3. The van der Waals surface area contributed by atoms with Crippen molar-refractivity contribution in [1.82, 2.24) is 9.55 Å². The van der Waals surface area contributed by atoms with Crippen molar-refractivity contribution in [1.29, 1.82) is 0 Å². The largest absolute Gasteiger partial charge is 0.310 e. The number of imidazole rings is 1. The summed E-state index contributed by atoms with van der Waals surface area (Å²) in [4.78, 5) is 8.95. The number of rotatable bonds is 8. The summed E-state index contributed by atoms with van der Waals surface area (Å²) in [6, 6.07) is 72.2. The Labute approximate surface area is 383 Å². The SMILES string of the molecule is Cc1ccc(C2(c3ccc(C)cc3)c3ccccc3-c3ccc(N(c4ccc(-c5cc6ccccc6s5)cc4)c4ccc(-c5nc6ccccc6n5C5=CC6=CC=C[C@@H]65)cc4)cc32)cc1. The first-order chi connectivity index (χ1) is 32.0. The van der Waals surface area contributed by atoms with Gasteiger partial charge in [-0.1, -0.05) is 151 Å².